The first-order valence-electron chi connectivity index (χ1n) is 8.93. The van der Waals surface area contributed by atoms with Crippen LogP contribution in [0.3, 0.4) is 0 Å². The Morgan fingerprint density at radius 1 is 1.27 bits per heavy atom. The summed E-state index contributed by atoms with van der Waals surface area (Å²) < 4.78 is 18.4. The van der Waals surface area contributed by atoms with Gasteiger partial charge in [-0.25, -0.2) is 9.78 Å². The lowest BCUT2D eigenvalue weighted by atomic mass is 10.0. The van der Waals surface area contributed by atoms with Crippen LogP contribution in [0, 0.1) is 0 Å². The molecule has 0 spiro atoms. The first-order chi connectivity index (χ1) is 12.3. The summed E-state index contributed by atoms with van der Waals surface area (Å²) in [7, 11) is -1.32. The molecule has 140 valence electrons. The molecule has 1 aliphatic heterocycles. The van der Waals surface area contributed by atoms with Crippen LogP contribution in [0.4, 0.5) is 4.79 Å². The smallest absolute Gasteiger partial charge is 0.410 e. The standard InChI is InChI=1S/C19H25N3O3S/c1-19(2,3)25-18(23)22-11-7-6-8-14(22)13-26(24)17-12-20-15-9-4-5-10-16(15)21-17/h4-5,9-10,12,14H,6-8,11,13H2,1-3H3/t14-,26+/m1/s1. The van der Waals surface area contributed by atoms with Gasteiger partial charge in [-0.15, -0.1) is 0 Å². The van der Waals surface area contributed by atoms with Crippen LogP contribution in [0.5, 0.6) is 0 Å². The van der Waals surface area contributed by atoms with Crippen LogP contribution in [0.2, 0.25) is 0 Å². The Labute approximate surface area is 156 Å². The molecule has 1 aromatic carbocycles. The summed E-state index contributed by atoms with van der Waals surface area (Å²) in [4.78, 5) is 23.0. The van der Waals surface area contributed by atoms with Crippen molar-refractivity contribution in [3.8, 4) is 0 Å². The SMILES string of the molecule is CC(C)(C)OC(=O)N1CCCC[C@@H]1C[S@](=O)c1cnc2ccccc2n1. The van der Waals surface area contributed by atoms with Gasteiger partial charge in [0.25, 0.3) is 0 Å². The summed E-state index contributed by atoms with van der Waals surface area (Å²) in [5.41, 5.74) is 0.967. The van der Waals surface area contributed by atoms with Gasteiger partial charge in [0.2, 0.25) is 0 Å². The van der Waals surface area contributed by atoms with Gasteiger partial charge in [-0.1, -0.05) is 12.1 Å². The Balaban J connectivity index is 1.73. The van der Waals surface area contributed by atoms with Crippen LogP contribution in [0.15, 0.2) is 35.5 Å². The number of carbonyl (C=O) groups is 1. The molecule has 0 aliphatic carbocycles. The number of fused-ring (bicyclic) bond motifs is 1. The third-order valence-electron chi connectivity index (χ3n) is 4.26. The summed E-state index contributed by atoms with van der Waals surface area (Å²) in [6.07, 6.45) is 4.03. The Bertz CT molecular complexity index is 819. The molecule has 0 bridgehead atoms. The quantitative estimate of drug-likeness (QED) is 0.821. The minimum Gasteiger partial charge on any atom is -0.444 e. The molecule has 2 aromatic rings. The van der Waals surface area contributed by atoms with E-state index in [-0.39, 0.29) is 12.1 Å². The van der Waals surface area contributed by atoms with E-state index in [1.165, 1.54) is 0 Å². The third-order valence-corrected chi connectivity index (χ3v) is 5.61. The molecule has 1 saturated heterocycles. The number of carbonyl (C=O) groups excluding carboxylic acids is 1. The van der Waals surface area contributed by atoms with Gasteiger partial charge in [0.15, 0.2) is 0 Å². The lowest BCUT2D eigenvalue weighted by Crippen LogP contribution is -2.48. The maximum absolute atomic E-state index is 12.8. The lowest BCUT2D eigenvalue weighted by Gasteiger charge is -2.36. The molecule has 1 fully saturated rings. The van der Waals surface area contributed by atoms with Gasteiger partial charge in [-0.05, 0) is 52.2 Å². The van der Waals surface area contributed by atoms with Crippen LogP contribution in [0.1, 0.15) is 40.0 Å². The molecule has 2 atom stereocenters. The fraction of sp³-hybridized carbons (Fsp3) is 0.526. The number of hydrogen-bond donors (Lipinski definition) is 0. The normalized spacial score (nSPS) is 19.3. The molecule has 0 radical (unpaired) electrons. The van der Waals surface area contributed by atoms with Crippen molar-refractivity contribution in [1.29, 1.82) is 0 Å². The highest BCUT2D eigenvalue weighted by atomic mass is 32.2. The number of benzene rings is 1. The second kappa shape index (κ2) is 7.70. The van der Waals surface area contributed by atoms with E-state index in [2.05, 4.69) is 9.97 Å². The highest BCUT2D eigenvalue weighted by molar-refractivity contribution is 7.85. The predicted octanol–water partition coefficient (Wildman–Crippen LogP) is 3.53. The zero-order valence-corrected chi connectivity index (χ0v) is 16.3. The van der Waals surface area contributed by atoms with Gasteiger partial charge in [0, 0.05) is 12.6 Å². The minimum atomic E-state index is -1.32. The number of aromatic nitrogens is 2. The molecule has 1 amide bonds. The molecule has 2 heterocycles. The molecule has 26 heavy (non-hydrogen) atoms. The number of para-hydroxylation sites is 2. The number of piperidine rings is 1. The van der Waals surface area contributed by atoms with E-state index >= 15 is 0 Å². The van der Waals surface area contributed by atoms with Gasteiger partial charge >= 0.3 is 6.09 Å². The van der Waals surface area contributed by atoms with E-state index in [9.17, 15) is 9.00 Å². The van der Waals surface area contributed by atoms with Gasteiger partial charge < -0.3 is 9.64 Å². The molecule has 0 unspecified atom stereocenters. The fourth-order valence-corrected chi connectivity index (χ4v) is 4.28. The molecule has 0 N–H and O–H groups in total. The number of hydrogen-bond acceptors (Lipinski definition) is 5. The highest BCUT2D eigenvalue weighted by Crippen LogP contribution is 2.22. The van der Waals surface area contributed by atoms with Crippen LogP contribution >= 0.6 is 0 Å². The molecule has 6 nitrogen and oxygen atoms in total. The molecular weight excluding hydrogens is 350 g/mol. The van der Waals surface area contributed by atoms with Crippen molar-refractivity contribution in [2.75, 3.05) is 12.3 Å². The fourth-order valence-electron chi connectivity index (χ4n) is 3.04. The maximum Gasteiger partial charge on any atom is 0.410 e. The molecule has 1 aromatic heterocycles. The summed E-state index contributed by atoms with van der Waals surface area (Å²) in [5.74, 6) is 0.353. The Hall–Kier alpha value is -2.02. The first kappa shape index (κ1) is 18.8. The van der Waals surface area contributed by atoms with Crippen molar-refractivity contribution in [3.05, 3.63) is 30.5 Å². The molecule has 7 heteroatoms. The summed E-state index contributed by atoms with van der Waals surface area (Å²) in [6.45, 7) is 6.20. The molecule has 0 saturated carbocycles. The Kier molecular flexibility index (Phi) is 5.55. The van der Waals surface area contributed by atoms with E-state index in [4.69, 9.17) is 4.74 Å². The lowest BCUT2D eigenvalue weighted by molar-refractivity contribution is 0.0125. The Morgan fingerprint density at radius 3 is 2.73 bits per heavy atom. The molecular formula is C19H25N3O3S. The maximum atomic E-state index is 12.8. The summed E-state index contributed by atoms with van der Waals surface area (Å²) in [5, 5.41) is 0.457. The van der Waals surface area contributed by atoms with E-state index in [1.807, 2.05) is 45.0 Å². The van der Waals surface area contributed by atoms with Crippen molar-refractivity contribution < 1.29 is 13.7 Å². The van der Waals surface area contributed by atoms with Crippen molar-refractivity contribution in [2.45, 2.75) is 56.7 Å². The predicted molar refractivity (Wildman–Crippen MR) is 101 cm³/mol. The molecule has 3 rings (SSSR count). The molecule has 1 aliphatic rings. The van der Waals surface area contributed by atoms with E-state index in [1.54, 1.807) is 11.1 Å². The number of ether oxygens (including phenoxy) is 1. The zero-order chi connectivity index (χ0) is 18.7. The van der Waals surface area contributed by atoms with Crippen molar-refractivity contribution >= 4 is 27.9 Å². The largest absolute Gasteiger partial charge is 0.444 e. The second-order valence-corrected chi connectivity index (χ2v) is 8.98. The van der Waals surface area contributed by atoms with E-state index in [0.717, 1.165) is 30.3 Å². The number of nitrogens with zero attached hydrogens (tertiary/aromatic N) is 3. The minimum absolute atomic E-state index is 0.104. The summed E-state index contributed by atoms with van der Waals surface area (Å²) >= 11 is 0. The average molecular weight is 375 g/mol. The van der Waals surface area contributed by atoms with Crippen LogP contribution < -0.4 is 0 Å². The average Bonchev–Trinajstić information content (AvgIpc) is 2.60. The third kappa shape index (κ3) is 4.58. The van der Waals surface area contributed by atoms with Crippen molar-refractivity contribution in [3.63, 3.8) is 0 Å². The summed E-state index contributed by atoms with van der Waals surface area (Å²) in [6, 6.07) is 7.41. The number of amides is 1. The van der Waals surface area contributed by atoms with E-state index < -0.39 is 16.4 Å². The first-order valence-corrected chi connectivity index (χ1v) is 10.3. The van der Waals surface area contributed by atoms with Crippen LogP contribution in [-0.2, 0) is 15.5 Å². The van der Waals surface area contributed by atoms with Gasteiger partial charge in [0.1, 0.15) is 10.6 Å². The van der Waals surface area contributed by atoms with Gasteiger partial charge in [-0.3, -0.25) is 9.19 Å². The van der Waals surface area contributed by atoms with Gasteiger partial charge in [0.05, 0.1) is 33.8 Å². The zero-order valence-electron chi connectivity index (χ0n) is 15.5. The van der Waals surface area contributed by atoms with Gasteiger partial charge in [-0.2, -0.15) is 0 Å². The second-order valence-electron chi connectivity index (χ2n) is 7.53. The van der Waals surface area contributed by atoms with Crippen molar-refractivity contribution in [1.82, 2.24) is 14.9 Å². The monoisotopic (exact) mass is 375 g/mol. The number of likely N-dealkylation sites (tertiary alicyclic amines) is 1. The highest BCUT2D eigenvalue weighted by Gasteiger charge is 2.32. The Morgan fingerprint density at radius 2 is 2.00 bits per heavy atom. The number of rotatable bonds is 3. The van der Waals surface area contributed by atoms with Crippen LogP contribution in [-0.4, -0.2) is 49.1 Å². The topological polar surface area (TPSA) is 72.4 Å². The van der Waals surface area contributed by atoms with E-state index in [0.29, 0.717) is 17.3 Å². The van der Waals surface area contributed by atoms with Crippen molar-refractivity contribution in [2.24, 2.45) is 0 Å². The van der Waals surface area contributed by atoms with Crippen LogP contribution in [0.25, 0.3) is 11.0 Å².